The summed E-state index contributed by atoms with van der Waals surface area (Å²) in [6.45, 7) is 4.03. The number of hydrogen-bond acceptors (Lipinski definition) is 4. The number of carbonyl (C=O) groups is 4. The number of nitrogens with one attached hydrogen (secondary N) is 2. The van der Waals surface area contributed by atoms with Crippen molar-refractivity contribution in [1.82, 2.24) is 0 Å². The molecule has 0 heterocycles. The molecule has 0 aliphatic rings. The van der Waals surface area contributed by atoms with Gasteiger partial charge >= 0.3 is 11.9 Å². The highest BCUT2D eigenvalue weighted by Gasteiger charge is 2.24. The molecule has 0 radical (unpaired) electrons. The van der Waals surface area contributed by atoms with Crippen LogP contribution in [0.4, 0.5) is 11.4 Å². The third kappa shape index (κ3) is 6.45. The summed E-state index contributed by atoms with van der Waals surface area (Å²) in [6, 6.07) is 22.6. The van der Waals surface area contributed by atoms with Crippen LogP contribution in [0, 0.1) is 24.7 Å². The molecule has 0 aliphatic heterocycles. The molecule has 8 nitrogen and oxygen atoms in total. The third-order valence-electron chi connectivity index (χ3n) is 7.05. The number of hydrogen-bond donors (Lipinski definition) is 4. The van der Waals surface area contributed by atoms with E-state index in [9.17, 15) is 29.4 Å². The summed E-state index contributed by atoms with van der Waals surface area (Å²) in [6.07, 6.45) is 10.8. The standard InChI is InChI=1S/C35H26N2O6/c1-5-21-7-17-27(33(40)41)29(19-21)31(38)36-25-13-9-23(10-14-25)35(3,4)24-11-15-26(16-12-24)37-32(39)30-20-22(6-2)8-18-28(30)34(42)43/h1-2,7-20H,3-4H3,(H,36,38)(H,37,39)(H,40,41)(H,42,43). The molecule has 8 heteroatoms. The molecule has 4 N–H and O–H groups in total. The zero-order valence-electron chi connectivity index (χ0n) is 23.3. The van der Waals surface area contributed by atoms with Gasteiger partial charge in [-0.25, -0.2) is 9.59 Å². The van der Waals surface area contributed by atoms with Gasteiger partial charge < -0.3 is 20.8 Å². The van der Waals surface area contributed by atoms with Gasteiger partial charge in [0.2, 0.25) is 0 Å². The van der Waals surface area contributed by atoms with Gasteiger partial charge in [-0.15, -0.1) is 12.8 Å². The highest BCUT2D eigenvalue weighted by atomic mass is 16.4. The summed E-state index contributed by atoms with van der Waals surface area (Å²) >= 11 is 0. The predicted octanol–water partition coefficient (Wildman–Crippen LogP) is 5.88. The number of amides is 2. The Labute approximate surface area is 248 Å². The van der Waals surface area contributed by atoms with E-state index in [1.54, 1.807) is 24.3 Å². The molecule has 0 unspecified atom stereocenters. The number of anilines is 2. The smallest absolute Gasteiger partial charge is 0.336 e. The first-order valence-corrected chi connectivity index (χ1v) is 13.0. The Morgan fingerprint density at radius 3 is 1.23 bits per heavy atom. The fourth-order valence-electron chi connectivity index (χ4n) is 4.52. The SMILES string of the molecule is C#Cc1ccc(C(=O)O)c(C(=O)Nc2ccc(C(C)(C)c3ccc(NC(=O)c4cc(C#C)ccc4C(=O)O)cc3)cc2)c1. The molecule has 2 amide bonds. The lowest BCUT2D eigenvalue weighted by atomic mass is 9.78. The summed E-state index contributed by atoms with van der Waals surface area (Å²) in [4.78, 5) is 48.9. The first-order valence-electron chi connectivity index (χ1n) is 13.0. The fourth-order valence-corrected chi connectivity index (χ4v) is 4.52. The number of carboxylic acid groups (broad SMARTS) is 2. The number of benzene rings is 4. The van der Waals surface area contributed by atoms with Crippen LogP contribution in [0.5, 0.6) is 0 Å². The second kappa shape index (κ2) is 12.2. The Morgan fingerprint density at radius 1 is 0.581 bits per heavy atom. The second-order valence-electron chi connectivity index (χ2n) is 10.1. The molecule has 0 aromatic heterocycles. The van der Waals surface area contributed by atoms with E-state index in [-0.39, 0.29) is 22.3 Å². The van der Waals surface area contributed by atoms with Gasteiger partial charge in [0, 0.05) is 27.9 Å². The van der Waals surface area contributed by atoms with Crippen LogP contribution in [0.2, 0.25) is 0 Å². The van der Waals surface area contributed by atoms with Crippen LogP contribution in [-0.4, -0.2) is 34.0 Å². The number of carboxylic acids is 2. The number of terminal acetylenes is 2. The highest BCUT2D eigenvalue weighted by molar-refractivity contribution is 6.11. The van der Waals surface area contributed by atoms with Crippen LogP contribution in [0.15, 0.2) is 84.9 Å². The molecule has 4 rings (SSSR count). The van der Waals surface area contributed by atoms with Gasteiger partial charge in [0.05, 0.1) is 22.3 Å². The van der Waals surface area contributed by atoms with E-state index in [0.29, 0.717) is 22.5 Å². The van der Waals surface area contributed by atoms with Crippen molar-refractivity contribution in [3.05, 3.63) is 129 Å². The number of rotatable bonds is 8. The molecule has 0 aliphatic carbocycles. The summed E-state index contributed by atoms with van der Waals surface area (Å²) in [5.74, 6) is 1.14. The van der Waals surface area contributed by atoms with E-state index in [1.807, 2.05) is 38.1 Å². The third-order valence-corrected chi connectivity index (χ3v) is 7.05. The van der Waals surface area contributed by atoms with Crippen LogP contribution in [0.25, 0.3) is 0 Å². The van der Waals surface area contributed by atoms with E-state index < -0.39 is 29.2 Å². The molecule has 4 aromatic carbocycles. The van der Waals surface area contributed by atoms with E-state index >= 15 is 0 Å². The molecular weight excluding hydrogens is 544 g/mol. The Bertz CT molecular complexity index is 1700. The monoisotopic (exact) mass is 570 g/mol. The Morgan fingerprint density at radius 2 is 0.930 bits per heavy atom. The minimum Gasteiger partial charge on any atom is -0.478 e. The molecule has 43 heavy (non-hydrogen) atoms. The highest BCUT2D eigenvalue weighted by Crippen LogP contribution is 2.33. The van der Waals surface area contributed by atoms with E-state index in [1.165, 1.54) is 36.4 Å². The maximum atomic E-state index is 12.9. The Kier molecular flexibility index (Phi) is 8.45. The molecular formula is C35H26N2O6. The first kappa shape index (κ1) is 29.9. The topological polar surface area (TPSA) is 133 Å². The van der Waals surface area contributed by atoms with Crippen LogP contribution in [0.1, 0.15) is 77.5 Å². The molecule has 0 saturated carbocycles. The molecule has 0 bridgehead atoms. The minimum absolute atomic E-state index is 0.0394. The quantitative estimate of drug-likeness (QED) is 0.196. The summed E-state index contributed by atoms with van der Waals surface area (Å²) in [5, 5.41) is 24.4. The van der Waals surface area contributed by atoms with Gasteiger partial charge in [-0.05, 0) is 71.8 Å². The molecule has 212 valence electrons. The maximum Gasteiger partial charge on any atom is 0.336 e. The fraction of sp³-hybridized carbons (Fsp3) is 0.0857. The lowest BCUT2D eigenvalue weighted by molar-refractivity contribution is 0.0683. The Hall–Kier alpha value is -6.12. The minimum atomic E-state index is -1.24. The summed E-state index contributed by atoms with van der Waals surface area (Å²) < 4.78 is 0. The number of aromatic carboxylic acids is 2. The lowest BCUT2D eigenvalue weighted by Crippen LogP contribution is -2.20. The molecule has 0 atom stereocenters. The summed E-state index contributed by atoms with van der Waals surface area (Å²) in [7, 11) is 0. The van der Waals surface area contributed by atoms with Crippen molar-refractivity contribution in [3.63, 3.8) is 0 Å². The van der Waals surface area contributed by atoms with Gasteiger partial charge in [0.15, 0.2) is 0 Å². The maximum absolute atomic E-state index is 12.9. The van der Waals surface area contributed by atoms with Gasteiger partial charge in [-0.3, -0.25) is 9.59 Å². The van der Waals surface area contributed by atoms with Crippen molar-refractivity contribution in [2.45, 2.75) is 19.3 Å². The van der Waals surface area contributed by atoms with Crippen molar-refractivity contribution < 1.29 is 29.4 Å². The normalized spacial score (nSPS) is 10.6. The average molecular weight is 571 g/mol. The number of carbonyl (C=O) groups excluding carboxylic acids is 2. The largest absolute Gasteiger partial charge is 0.478 e. The van der Waals surface area contributed by atoms with Gasteiger partial charge in [0.25, 0.3) is 11.8 Å². The molecule has 0 saturated heterocycles. The molecule has 0 fully saturated rings. The predicted molar refractivity (Wildman–Crippen MR) is 164 cm³/mol. The van der Waals surface area contributed by atoms with Crippen molar-refractivity contribution in [2.75, 3.05) is 10.6 Å². The first-order chi connectivity index (χ1) is 20.4. The van der Waals surface area contributed by atoms with E-state index in [2.05, 4.69) is 22.5 Å². The molecule has 4 aromatic rings. The van der Waals surface area contributed by atoms with E-state index in [0.717, 1.165) is 11.1 Å². The van der Waals surface area contributed by atoms with Crippen molar-refractivity contribution in [1.29, 1.82) is 0 Å². The average Bonchev–Trinajstić information content (AvgIpc) is 3.00. The Balaban J connectivity index is 1.49. The lowest BCUT2D eigenvalue weighted by Gasteiger charge is -2.26. The van der Waals surface area contributed by atoms with Crippen molar-refractivity contribution >= 4 is 35.1 Å². The second-order valence-corrected chi connectivity index (χ2v) is 10.1. The van der Waals surface area contributed by atoms with Gasteiger partial charge in [-0.2, -0.15) is 0 Å². The van der Waals surface area contributed by atoms with Gasteiger partial charge in [-0.1, -0.05) is 50.0 Å². The van der Waals surface area contributed by atoms with Crippen molar-refractivity contribution in [3.8, 4) is 24.7 Å². The van der Waals surface area contributed by atoms with Crippen LogP contribution < -0.4 is 10.6 Å². The van der Waals surface area contributed by atoms with Crippen LogP contribution in [-0.2, 0) is 5.41 Å². The zero-order valence-corrected chi connectivity index (χ0v) is 23.3. The zero-order chi connectivity index (χ0) is 31.3. The van der Waals surface area contributed by atoms with Crippen LogP contribution in [0.3, 0.4) is 0 Å². The van der Waals surface area contributed by atoms with Crippen LogP contribution >= 0.6 is 0 Å². The molecule has 0 spiro atoms. The van der Waals surface area contributed by atoms with Crippen molar-refractivity contribution in [2.24, 2.45) is 0 Å². The summed E-state index contributed by atoms with van der Waals surface area (Å²) in [5.41, 5.74) is 2.72. The van der Waals surface area contributed by atoms with Gasteiger partial charge in [0.1, 0.15) is 0 Å². The van der Waals surface area contributed by atoms with E-state index in [4.69, 9.17) is 12.8 Å².